The highest BCUT2D eigenvalue weighted by Gasteiger charge is 2.12. The van der Waals surface area contributed by atoms with Gasteiger partial charge in [-0.3, -0.25) is 0 Å². The molecule has 3 heteroatoms. The van der Waals surface area contributed by atoms with Gasteiger partial charge >= 0.3 is 5.97 Å². The van der Waals surface area contributed by atoms with E-state index >= 15 is 0 Å². The minimum atomic E-state index is -0.345. The predicted molar refractivity (Wildman–Crippen MR) is 67.5 cm³/mol. The van der Waals surface area contributed by atoms with Crippen LogP contribution in [-0.2, 0) is 9.53 Å². The lowest BCUT2D eigenvalue weighted by Crippen LogP contribution is -2.09. The lowest BCUT2D eigenvalue weighted by molar-refractivity contribution is -0.143. The van der Waals surface area contributed by atoms with Crippen LogP contribution in [0.15, 0.2) is 41.3 Å². The molecular weight excluding hydrogens is 220 g/mol. The first-order valence-electron chi connectivity index (χ1n) is 5.05. The number of esters is 1. The van der Waals surface area contributed by atoms with Crippen LogP contribution in [0.4, 0.5) is 0 Å². The number of hydrogen-bond acceptors (Lipinski definition) is 3. The van der Waals surface area contributed by atoms with E-state index in [1.54, 1.807) is 18.7 Å². The van der Waals surface area contributed by atoms with Crippen molar-refractivity contribution < 1.29 is 9.53 Å². The van der Waals surface area contributed by atoms with E-state index < -0.39 is 0 Å². The second kappa shape index (κ2) is 5.75. The molecular formula is C13H16O2S. The van der Waals surface area contributed by atoms with Gasteiger partial charge < -0.3 is 4.74 Å². The van der Waals surface area contributed by atoms with Crippen molar-refractivity contribution in [1.82, 2.24) is 0 Å². The van der Waals surface area contributed by atoms with E-state index in [0.29, 0.717) is 5.57 Å². The summed E-state index contributed by atoms with van der Waals surface area (Å²) in [5, 5.41) is 0. The fourth-order valence-electron chi connectivity index (χ4n) is 1.22. The van der Waals surface area contributed by atoms with Crippen molar-refractivity contribution >= 4 is 17.7 Å². The topological polar surface area (TPSA) is 26.3 Å². The summed E-state index contributed by atoms with van der Waals surface area (Å²) in [6.45, 7) is 7.06. The Balaban J connectivity index is 2.76. The Bertz CT molecular complexity index is 399. The summed E-state index contributed by atoms with van der Waals surface area (Å²) < 4.78 is 5.25. The number of carbonyl (C=O) groups excluding carboxylic acids is 1. The van der Waals surface area contributed by atoms with Crippen LogP contribution < -0.4 is 0 Å². The van der Waals surface area contributed by atoms with Crippen molar-refractivity contribution in [1.29, 1.82) is 0 Å². The molecule has 0 N–H and O–H groups in total. The second-order valence-electron chi connectivity index (χ2n) is 3.60. The van der Waals surface area contributed by atoms with Gasteiger partial charge in [-0.15, -0.1) is 11.8 Å². The zero-order chi connectivity index (χ0) is 12.1. The molecule has 0 aliphatic carbocycles. The fourth-order valence-corrected chi connectivity index (χ4v) is 1.69. The summed E-state index contributed by atoms with van der Waals surface area (Å²) in [4.78, 5) is 12.5. The summed E-state index contributed by atoms with van der Waals surface area (Å²) in [5.74, 6) is -0.345. The smallest absolute Gasteiger partial charge is 0.333 e. The van der Waals surface area contributed by atoms with Gasteiger partial charge in [0.15, 0.2) is 0 Å². The number of benzene rings is 1. The highest BCUT2D eigenvalue weighted by Crippen LogP contribution is 2.23. The maximum atomic E-state index is 11.4. The molecule has 1 unspecified atom stereocenters. The van der Waals surface area contributed by atoms with Gasteiger partial charge in [0.05, 0.1) is 0 Å². The quantitative estimate of drug-likeness (QED) is 0.454. The monoisotopic (exact) mass is 236 g/mol. The van der Waals surface area contributed by atoms with Crippen LogP contribution in [-0.4, -0.2) is 12.2 Å². The van der Waals surface area contributed by atoms with Crippen molar-refractivity contribution in [3.8, 4) is 0 Å². The van der Waals surface area contributed by atoms with E-state index in [2.05, 4.69) is 6.58 Å². The minimum Gasteiger partial charge on any atom is -0.454 e. The van der Waals surface area contributed by atoms with E-state index in [-0.39, 0.29) is 12.1 Å². The molecule has 0 aliphatic rings. The maximum absolute atomic E-state index is 11.4. The van der Waals surface area contributed by atoms with Crippen LogP contribution >= 0.6 is 11.8 Å². The molecule has 0 fully saturated rings. The molecule has 2 nitrogen and oxygen atoms in total. The summed E-state index contributed by atoms with van der Waals surface area (Å²) in [5.41, 5.74) is 1.43. The molecule has 1 aromatic rings. The Morgan fingerprint density at radius 2 is 2.19 bits per heavy atom. The molecule has 0 radical (unpaired) electrons. The Kier molecular flexibility index (Phi) is 4.62. The van der Waals surface area contributed by atoms with Gasteiger partial charge in [-0.05, 0) is 37.8 Å². The fraction of sp³-hybridized carbons (Fsp3) is 0.308. The van der Waals surface area contributed by atoms with Crippen LogP contribution in [0.3, 0.4) is 0 Å². The normalized spacial score (nSPS) is 11.9. The lowest BCUT2D eigenvalue weighted by Gasteiger charge is -2.14. The third-order valence-electron chi connectivity index (χ3n) is 2.20. The van der Waals surface area contributed by atoms with Gasteiger partial charge in [0.25, 0.3) is 0 Å². The molecule has 0 saturated heterocycles. The molecule has 1 rings (SSSR count). The zero-order valence-corrected chi connectivity index (χ0v) is 10.6. The highest BCUT2D eigenvalue weighted by molar-refractivity contribution is 7.98. The van der Waals surface area contributed by atoms with Gasteiger partial charge in [-0.2, -0.15) is 0 Å². The highest BCUT2D eigenvalue weighted by atomic mass is 32.2. The maximum Gasteiger partial charge on any atom is 0.333 e. The first kappa shape index (κ1) is 12.8. The van der Waals surface area contributed by atoms with Crippen LogP contribution in [0.2, 0.25) is 0 Å². The molecule has 1 aromatic carbocycles. The van der Waals surface area contributed by atoms with Crippen molar-refractivity contribution in [3.63, 3.8) is 0 Å². The Morgan fingerprint density at radius 1 is 1.50 bits per heavy atom. The Labute approximate surface area is 101 Å². The van der Waals surface area contributed by atoms with Crippen molar-refractivity contribution in [3.05, 3.63) is 42.0 Å². The molecule has 0 heterocycles. The zero-order valence-electron chi connectivity index (χ0n) is 9.82. The van der Waals surface area contributed by atoms with Crippen LogP contribution in [0.5, 0.6) is 0 Å². The van der Waals surface area contributed by atoms with Gasteiger partial charge in [0.1, 0.15) is 6.10 Å². The molecule has 0 bridgehead atoms. The number of carbonyl (C=O) groups is 1. The molecule has 86 valence electrons. The SMILES string of the molecule is C=C(C)C(=O)OC(C)c1cccc(SC)c1. The lowest BCUT2D eigenvalue weighted by atomic mass is 10.1. The second-order valence-corrected chi connectivity index (χ2v) is 4.48. The minimum absolute atomic E-state index is 0.240. The molecule has 0 amide bonds. The molecule has 0 spiro atoms. The van der Waals surface area contributed by atoms with Gasteiger partial charge in [0, 0.05) is 10.5 Å². The van der Waals surface area contributed by atoms with Crippen molar-refractivity contribution in [2.24, 2.45) is 0 Å². The van der Waals surface area contributed by atoms with Crippen molar-refractivity contribution in [2.45, 2.75) is 24.8 Å². The summed E-state index contributed by atoms with van der Waals surface area (Å²) in [6.07, 6.45) is 1.78. The number of ether oxygens (including phenoxy) is 1. The molecule has 1 atom stereocenters. The summed E-state index contributed by atoms with van der Waals surface area (Å²) in [6, 6.07) is 7.98. The number of rotatable bonds is 4. The summed E-state index contributed by atoms with van der Waals surface area (Å²) in [7, 11) is 0. The first-order chi connectivity index (χ1) is 7.54. The average molecular weight is 236 g/mol. The van der Waals surface area contributed by atoms with Crippen LogP contribution in [0, 0.1) is 0 Å². The van der Waals surface area contributed by atoms with Crippen LogP contribution in [0.25, 0.3) is 0 Å². The van der Waals surface area contributed by atoms with Gasteiger partial charge in [-0.25, -0.2) is 4.79 Å². The van der Waals surface area contributed by atoms with E-state index in [9.17, 15) is 4.79 Å². The van der Waals surface area contributed by atoms with E-state index in [1.165, 1.54) is 0 Å². The average Bonchev–Trinajstić information content (AvgIpc) is 2.28. The standard InChI is InChI=1S/C13H16O2S/c1-9(2)13(14)15-10(3)11-6-5-7-12(8-11)16-4/h5-8,10H,1H2,2-4H3. The Hall–Kier alpha value is -1.22. The Morgan fingerprint density at radius 3 is 2.75 bits per heavy atom. The van der Waals surface area contributed by atoms with E-state index in [1.807, 2.05) is 37.4 Å². The largest absolute Gasteiger partial charge is 0.454 e. The molecule has 0 saturated carbocycles. The molecule has 0 aliphatic heterocycles. The third-order valence-corrected chi connectivity index (χ3v) is 2.92. The third kappa shape index (κ3) is 3.42. The summed E-state index contributed by atoms with van der Waals surface area (Å²) >= 11 is 1.67. The van der Waals surface area contributed by atoms with Crippen LogP contribution in [0.1, 0.15) is 25.5 Å². The molecule has 0 aromatic heterocycles. The van der Waals surface area contributed by atoms with Gasteiger partial charge in [0.2, 0.25) is 0 Å². The number of thioether (sulfide) groups is 1. The van der Waals surface area contributed by atoms with Gasteiger partial charge in [-0.1, -0.05) is 18.7 Å². The predicted octanol–water partition coefficient (Wildman–Crippen LogP) is 3.59. The molecule has 16 heavy (non-hydrogen) atoms. The number of hydrogen-bond donors (Lipinski definition) is 0. The van der Waals surface area contributed by atoms with E-state index in [0.717, 1.165) is 10.5 Å². The first-order valence-corrected chi connectivity index (χ1v) is 6.27. The van der Waals surface area contributed by atoms with Crippen molar-refractivity contribution in [2.75, 3.05) is 6.26 Å². The van der Waals surface area contributed by atoms with E-state index in [4.69, 9.17) is 4.74 Å².